The minimum atomic E-state index is -0.292. The summed E-state index contributed by atoms with van der Waals surface area (Å²) < 4.78 is 0. The van der Waals surface area contributed by atoms with Gasteiger partial charge in [-0.1, -0.05) is 0 Å². The molecule has 4 heteroatoms. The van der Waals surface area contributed by atoms with E-state index in [1.807, 2.05) is 11.8 Å². The van der Waals surface area contributed by atoms with E-state index in [0.717, 1.165) is 39.0 Å². The van der Waals surface area contributed by atoms with E-state index < -0.39 is 0 Å². The Morgan fingerprint density at radius 2 is 2.27 bits per heavy atom. The summed E-state index contributed by atoms with van der Waals surface area (Å²) in [6.45, 7) is 5.10. The first kappa shape index (κ1) is 10.9. The van der Waals surface area contributed by atoms with E-state index in [0.29, 0.717) is 0 Å². The third-order valence-electron chi connectivity index (χ3n) is 3.58. The summed E-state index contributed by atoms with van der Waals surface area (Å²) in [4.78, 5) is 13.9. The fourth-order valence-electron chi connectivity index (χ4n) is 2.33. The molecule has 2 atom stereocenters. The van der Waals surface area contributed by atoms with Crippen LogP contribution in [0.4, 0.5) is 0 Å². The lowest BCUT2D eigenvalue weighted by molar-refractivity contribution is -0.139. The molecule has 2 fully saturated rings. The number of carbonyl (C=O) groups excluding carboxylic acids is 1. The molecule has 2 saturated heterocycles. The van der Waals surface area contributed by atoms with Gasteiger partial charge in [0.1, 0.15) is 0 Å². The Bertz CT molecular complexity index is 239. The molecule has 2 rings (SSSR count). The maximum Gasteiger partial charge on any atom is 0.228 e. The Morgan fingerprint density at radius 3 is 2.80 bits per heavy atom. The van der Waals surface area contributed by atoms with Crippen molar-refractivity contribution in [2.24, 2.45) is 11.8 Å². The molecule has 2 unspecified atom stereocenters. The minimum absolute atomic E-state index is 0.192. The molecule has 0 bridgehead atoms. The predicted octanol–water partition coefficient (Wildman–Crippen LogP) is -0.175. The van der Waals surface area contributed by atoms with Crippen molar-refractivity contribution in [3.63, 3.8) is 0 Å². The molecule has 0 saturated carbocycles. The lowest BCUT2D eigenvalue weighted by atomic mass is 9.91. The Morgan fingerprint density at radius 1 is 1.53 bits per heavy atom. The highest BCUT2D eigenvalue weighted by Crippen LogP contribution is 2.21. The summed E-state index contributed by atoms with van der Waals surface area (Å²) in [6.07, 6.45) is 1.78. The van der Waals surface area contributed by atoms with Crippen LogP contribution < -0.4 is 5.32 Å². The van der Waals surface area contributed by atoms with E-state index in [4.69, 9.17) is 0 Å². The van der Waals surface area contributed by atoms with E-state index in [-0.39, 0.29) is 23.8 Å². The number of rotatable bonds is 2. The van der Waals surface area contributed by atoms with Crippen molar-refractivity contribution in [2.45, 2.75) is 25.9 Å². The van der Waals surface area contributed by atoms with Crippen molar-refractivity contribution >= 4 is 5.91 Å². The summed E-state index contributed by atoms with van der Waals surface area (Å²) in [7, 11) is 0. The topological polar surface area (TPSA) is 52.6 Å². The first-order chi connectivity index (χ1) is 7.18. The molecule has 2 N–H and O–H groups in total. The van der Waals surface area contributed by atoms with E-state index in [2.05, 4.69) is 5.32 Å². The van der Waals surface area contributed by atoms with Gasteiger partial charge >= 0.3 is 0 Å². The van der Waals surface area contributed by atoms with Crippen LogP contribution in [0.2, 0.25) is 0 Å². The number of hydrogen-bond donors (Lipinski definition) is 2. The normalized spacial score (nSPS) is 29.7. The van der Waals surface area contributed by atoms with E-state index in [9.17, 15) is 9.90 Å². The largest absolute Gasteiger partial charge is 0.393 e. The third kappa shape index (κ3) is 2.32. The van der Waals surface area contributed by atoms with Crippen molar-refractivity contribution in [3.05, 3.63) is 0 Å². The molecule has 2 aliphatic heterocycles. The Hall–Kier alpha value is -0.610. The lowest BCUT2D eigenvalue weighted by Gasteiger charge is -2.38. The molecule has 15 heavy (non-hydrogen) atoms. The highest BCUT2D eigenvalue weighted by molar-refractivity contribution is 5.80. The first-order valence-corrected chi connectivity index (χ1v) is 5.86. The van der Waals surface area contributed by atoms with Crippen LogP contribution in [0.15, 0.2) is 0 Å². The van der Waals surface area contributed by atoms with E-state index in [1.54, 1.807) is 0 Å². The molecule has 0 aliphatic carbocycles. The number of amides is 1. The first-order valence-electron chi connectivity index (χ1n) is 5.86. The molecule has 2 heterocycles. The predicted molar refractivity (Wildman–Crippen MR) is 57.3 cm³/mol. The van der Waals surface area contributed by atoms with Crippen molar-refractivity contribution in [1.82, 2.24) is 10.2 Å². The maximum atomic E-state index is 12.0. The van der Waals surface area contributed by atoms with Crippen LogP contribution in [0.5, 0.6) is 0 Å². The van der Waals surface area contributed by atoms with Crippen LogP contribution in [0.1, 0.15) is 19.8 Å². The van der Waals surface area contributed by atoms with Gasteiger partial charge in [0.15, 0.2) is 0 Å². The second kappa shape index (κ2) is 4.49. The molecule has 0 aromatic heterocycles. The van der Waals surface area contributed by atoms with Crippen LogP contribution in [-0.4, -0.2) is 48.2 Å². The smallest absolute Gasteiger partial charge is 0.228 e. The number of aliphatic hydroxyl groups excluding tert-OH is 1. The van der Waals surface area contributed by atoms with Crippen molar-refractivity contribution < 1.29 is 9.90 Å². The zero-order chi connectivity index (χ0) is 10.8. The summed E-state index contributed by atoms with van der Waals surface area (Å²) in [5.74, 6) is 0.743. The van der Waals surface area contributed by atoms with Gasteiger partial charge < -0.3 is 15.3 Å². The quantitative estimate of drug-likeness (QED) is 0.668. The van der Waals surface area contributed by atoms with Crippen molar-refractivity contribution in [1.29, 1.82) is 0 Å². The summed E-state index contributed by atoms with van der Waals surface area (Å²) in [5, 5.41) is 12.7. The molecule has 1 amide bonds. The van der Waals surface area contributed by atoms with Gasteiger partial charge in [0, 0.05) is 32.1 Å². The molecular weight excluding hydrogens is 192 g/mol. The van der Waals surface area contributed by atoms with Gasteiger partial charge in [-0.2, -0.15) is 0 Å². The number of aliphatic hydroxyl groups is 1. The van der Waals surface area contributed by atoms with Gasteiger partial charge in [-0.25, -0.2) is 0 Å². The van der Waals surface area contributed by atoms with Gasteiger partial charge in [0.05, 0.1) is 12.0 Å². The number of nitrogens with one attached hydrogen (secondary N) is 1. The monoisotopic (exact) mass is 212 g/mol. The number of piperidine rings is 1. The highest BCUT2D eigenvalue weighted by Gasteiger charge is 2.32. The molecule has 0 radical (unpaired) electrons. The van der Waals surface area contributed by atoms with Crippen LogP contribution in [0.3, 0.4) is 0 Å². The molecule has 0 spiro atoms. The second-order valence-electron chi connectivity index (χ2n) is 4.78. The average Bonchev–Trinajstić information content (AvgIpc) is 2.15. The maximum absolute atomic E-state index is 12.0. The average molecular weight is 212 g/mol. The van der Waals surface area contributed by atoms with Gasteiger partial charge in [-0.15, -0.1) is 0 Å². The van der Waals surface area contributed by atoms with Gasteiger partial charge in [0.2, 0.25) is 5.91 Å². The van der Waals surface area contributed by atoms with Crippen LogP contribution >= 0.6 is 0 Å². The lowest BCUT2D eigenvalue weighted by Crippen LogP contribution is -2.54. The molecule has 0 aromatic carbocycles. The summed E-state index contributed by atoms with van der Waals surface area (Å²) in [6, 6.07) is 0. The molecule has 0 aromatic rings. The third-order valence-corrected chi connectivity index (χ3v) is 3.58. The number of carbonyl (C=O) groups is 1. The van der Waals surface area contributed by atoms with Gasteiger partial charge in [-0.05, 0) is 19.8 Å². The molecule has 86 valence electrons. The molecule has 4 nitrogen and oxygen atoms in total. The Kier molecular flexibility index (Phi) is 3.26. The zero-order valence-electron chi connectivity index (χ0n) is 9.28. The molecule has 2 aliphatic rings. The Balaban J connectivity index is 1.88. The highest BCUT2D eigenvalue weighted by atomic mass is 16.3. The van der Waals surface area contributed by atoms with E-state index >= 15 is 0 Å². The second-order valence-corrected chi connectivity index (χ2v) is 4.78. The van der Waals surface area contributed by atoms with Crippen molar-refractivity contribution in [2.75, 3.05) is 26.2 Å². The fraction of sp³-hybridized carbons (Fsp3) is 0.909. The van der Waals surface area contributed by atoms with Crippen LogP contribution in [0, 0.1) is 11.8 Å². The zero-order valence-corrected chi connectivity index (χ0v) is 9.28. The van der Waals surface area contributed by atoms with Gasteiger partial charge in [-0.3, -0.25) is 4.79 Å². The summed E-state index contributed by atoms with van der Waals surface area (Å²) >= 11 is 0. The standard InChI is InChI=1S/C11H20N2O2/c1-8(14)9-3-2-4-13(7-9)11(15)10-5-12-6-10/h8-10,12,14H,2-7H2,1H3. The minimum Gasteiger partial charge on any atom is -0.393 e. The van der Waals surface area contributed by atoms with Crippen LogP contribution in [-0.2, 0) is 4.79 Å². The fourth-order valence-corrected chi connectivity index (χ4v) is 2.33. The van der Waals surface area contributed by atoms with Gasteiger partial charge in [0.25, 0.3) is 0 Å². The van der Waals surface area contributed by atoms with Crippen LogP contribution in [0.25, 0.3) is 0 Å². The number of hydrogen-bond acceptors (Lipinski definition) is 3. The number of likely N-dealkylation sites (tertiary alicyclic amines) is 1. The molecular formula is C11H20N2O2. The summed E-state index contributed by atoms with van der Waals surface area (Å²) in [5.41, 5.74) is 0. The SMILES string of the molecule is CC(O)C1CCCN(C(=O)C2CNC2)C1. The number of nitrogens with zero attached hydrogens (tertiary/aromatic N) is 1. The van der Waals surface area contributed by atoms with E-state index in [1.165, 1.54) is 0 Å². The van der Waals surface area contributed by atoms with Crippen molar-refractivity contribution in [3.8, 4) is 0 Å². The Labute approximate surface area is 90.6 Å².